The van der Waals surface area contributed by atoms with Gasteiger partial charge in [-0.05, 0) is 45.4 Å². The predicted octanol–water partition coefficient (Wildman–Crippen LogP) is 6.54. The fourth-order valence-corrected chi connectivity index (χ4v) is 6.18. The Morgan fingerprint density at radius 3 is 2.21 bits per heavy atom. The summed E-state index contributed by atoms with van der Waals surface area (Å²) in [4.78, 5) is 7.23. The van der Waals surface area contributed by atoms with Gasteiger partial charge in [0.2, 0.25) is 0 Å². The van der Waals surface area contributed by atoms with Crippen molar-refractivity contribution < 1.29 is 4.52 Å². The number of thiazole rings is 1. The lowest BCUT2D eigenvalue weighted by Crippen LogP contribution is -2.31. The van der Waals surface area contributed by atoms with Crippen LogP contribution in [0.15, 0.2) is 101 Å². The number of hydrogen-bond acceptors (Lipinski definition) is 5. The molecule has 2 aromatic heterocycles. The molecule has 0 saturated carbocycles. The molecule has 7 heteroatoms. The molecule has 0 spiro atoms. The lowest BCUT2D eigenvalue weighted by molar-refractivity contribution is -0.559. The summed E-state index contributed by atoms with van der Waals surface area (Å²) in [6, 6.07) is 31.3. The molecule has 164 valence electrons. The number of amidine groups is 1. The smallest absolute Gasteiger partial charge is 0.287 e. The molecule has 0 bridgehead atoms. The maximum atomic E-state index is 5.05. The molecular formula is C26H23N4S3+. The van der Waals surface area contributed by atoms with Crippen molar-refractivity contribution in [1.82, 2.24) is 5.10 Å². The summed E-state index contributed by atoms with van der Waals surface area (Å²) in [5, 5.41) is 9.14. The van der Waals surface area contributed by atoms with Crippen molar-refractivity contribution >= 4 is 48.9 Å². The molecule has 0 atom stereocenters. The van der Waals surface area contributed by atoms with Crippen LogP contribution in [-0.2, 0) is 13.1 Å². The minimum Gasteiger partial charge on any atom is -0.287 e. The number of aromatic nitrogens is 2. The third-order valence-electron chi connectivity index (χ3n) is 5.17. The fraction of sp³-hybridized carbons (Fsp3) is 0.115. The maximum absolute atomic E-state index is 5.05. The van der Waals surface area contributed by atoms with Crippen LogP contribution in [-0.4, -0.2) is 16.5 Å². The van der Waals surface area contributed by atoms with Crippen LogP contribution in [0.25, 0.3) is 15.4 Å². The molecule has 3 aromatic carbocycles. The Bertz CT molecular complexity index is 1350. The first-order valence-corrected chi connectivity index (χ1v) is 13.5. The molecule has 33 heavy (non-hydrogen) atoms. The molecule has 0 aliphatic carbocycles. The molecule has 0 radical (unpaired) electrons. The highest BCUT2D eigenvalue weighted by Gasteiger charge is 2.27. The van der Waals surface area contributed by atoms with E-state index in [2.05, 4.69) is 93.8 Å². The molecule has 2 heterocycles. The van der Waals surface area contributed by atoms with E-state index in [1.54, 1.807) is 34.4 Å². The van der Waals surface area contributed by atoms with Gasteiger partial charge < -0.3 is 0 Å². The molecular weight excluding hydrogens is 465 g/mol. The van der Waals surface area contributed by atoms with Crippen molar-refractivity contribution in [3.63, 3.8) is 0 Å². The third kappa shape index (κ3) is 5.00. The van der Waals surface area contributed by atoms with Gasteiger partial charge in [0.25, 0.3) is 10.8 Å². The molecule has 0 unspecified atom stereocenters. The van der Waals surface area contributed by atoms with Crippen LogP contribution in [0.2, 0.25) is 0 Å². The third-order valence-corrected chi connectivity index (χ3v) is 7.97. The van der Waals surface area contributed by atoms with Gasteiger partial charge in [-0.1, -0.05) is 102 Å². The number of nitrogens with zero attached hydrogens (tertiary/aromatic N) is 4. The van der Waals surface area contributed by atoms with Crippen LogP contribution in [0.4, 0.5) is 5.13 Å². The largest absolute Gasteiger partial charge is 0.354 e. The highest BCUT2D eigenvalue weighted by atomic mass is 32.2. The summed E-state index contributed by atoms with van der Waals surface area (Å²) in [6.07, 6.45) is 2.08. The number of hydrogen-bond donors (Lipinski definition) is 0. The van der Waals surface area contributed by atoms with Crippen molar-refractivity contribution in [3.05, 3.63) is 108 Å². The molecule has 5 aromatic rings. The molecule has 0 saturated heterocycles. The molecule has 0 aliphatic heterocycles. The Kier molecular flexibility index (Phi) is 6.81. The number of thioether (sulfide) groups is 1. The predicted molar refractivity (Wildman–Crippen MR) is 142 cm³/mol. The van der Waals surface area contributed by atoms with Crippen LogP contribution >= 0.6 is 34.4 Å². The Balaban J connectivity index is 1.53. The number of benzene rings is 3. The zero-order valence-electron chi connectivity index (χ0n) is 18.2. The van der Waals surface area contributed by atoms with E-state index >= 15 is 0 Å². The summed E-state index contributed by atoms with van der Waals surface area (Å²) < 4.78 is 3.22. The van der Waals surface area contributed by atoms with E-state index in [0.29, 0.717) is 6.54 Å². The molecule has 4 nitrogen and oxygen atoms in total. The molecule has 5 rings (SSSR count). The monoisotopic (exact) mass is 487 g/mol. The Morgan fingerprint density at radius 1 is 0.909 bits per heavy atom. The first-order chi connectivity index (χ1) is 16.3. The summed E-state index contributed by atoms with van der Waals surface area (Å²) in [6.45, 7) is 1.36. The van der Waals surface area contributed by atoms with Gasteiger partial charge in [-0.2, -0.15) is 0 Å². The number of rotatable bonds is 6. The van der Waals surface area contributed by atoms with Crippen LogP contribution in [0.1, 0.15) is 11.1 Å². The van der Waals surface area contributed by atoms with Crippen molar-refractivity contribution in [2.45, 2.75) is 13.1 Å². The minimum absolute atomic E-state index is 0.643. The van der Waals surface area contributed by atoms with Crippen LogP contribution in [0.3, 0.4) is 0 Å². The van der Waals surface area contributed by atoms with Gasteiger partial charge >= 0.3 is 4.14 Å². The molecule has 0 amide bonds. The normalized spacial score (nSPS) is 11.7. The highest BCUT2D eigenvalue weighted by molar-refractivity contribution is 8.13. The Morgan fingerprint density at radius 2 is 1.55 bits per heavy atom. The molecule has 0 aliphatic rings. The number of aliphatic imine (C=N–C) groups is 1. The number of fused-ring (bicyclic) bond motifs is 1. The molecule has 0 fully saturated rings. The van der Waals surface area contributed by atoms with Crippen LogP contribution in [0, 0.1) is 0 Å². The zero-order valence-corrected chi connectivity index (χ0v) is 20.6. The lowest BCUT2D eigenvalue weighted by Gasteiger charge is -2.21. The summed E-state index contributed by atoms with van der Waals surface area (Å²) in [7, 11) is 0. The summed E-state index contributed by atoms with van der Waals surface area (Å²) in [5.74, 6) is 0. The SMILES string of the molecule is CSC(=NCc1ccccc1)N(Cc1ccccc1)c1n[n+]2c(-c3ccccc3)csc2s1. The average molecular weight is 488 g/mol. The minimum atomic E-state index is 0.643. The number of anilines is 1. The second-order valence-electron chi connectivity index (χ2n) is 7.41. The van der Waals surface area contributed by atoms with Crippen molar-refractivity contribution in [2.75, 3.05) is 11.2 Å². The van der Waals surface area contributed by atoms with Gasteiger partial charge in [0, 0.05) is 5.10 Å². The van der Waals surface area contributed by atoms with E-state index in [-0.39, 0.29) is 0 Å². The highest BCUT2D eigenvalue weighted by Crippen LogP contribution is 2.30. The quantitative estimate of drug-likeness (QED) is 0.155. The van der Waals surface area contributed by atoms with E-state index in [9.17, 15) is 0 Å². The van der Waals surface area contributed by atoms with E-state index < -0.39 is 0 Å². The average Bonchev–Trinajstić information content (AvgIpc) is 3.46. The van der Waals surface area contributed by atoms with Gasteiger partial charge in [0.1, 0.15) is 0 Å². The topological polar surface area (TPSA) is 32.6 Å². The fourth-order valence-electron chi connectivity index (χ4n) is 3.54. The standard InChI is InChI=1S/C26H23N4S3/c1-31-24(27-17-20-11-5-2-6-12-20)29(18-21-13-7-3-8-14-21)25-28-30-23(19-32-26(30)33-25)22-15-9-4-10-16-22/h2-16,19H,17-18H2,1H3/q+1. The first kappa shape index (κ1) is 21.8. The van der Waals surface area contributed by atoms with Gasteiger partial charge in [-0.15, -0.1) is 0 Å². The first-order valence-electron chi connectivity index (χ1n) is 10.6. The van der Waals surface area contributed by atoms with Crippen LogP contribution in [0.5, 0.6) is 0 Å². The lowest BCUT2D eigenvalue weighted by atomic mass is 10.2. The van der Waals surface area contributed by atoms with E-state index in [1.807, 2.05) is 18.2 Å². The maximum Gasteiger partial charge on any atom is 0.354 e. The van der Waals surface area contributed by atoms with Gasteiger partial charge in [0.05, 0.1) is 24.0 Å². The Hall–Kier alpha value is -3.00. The van der Waals surface area contributed by atoms with Crippen molar-refractivity contribution in [3.8, 4) is 11.3 Å². The van der Waals surface area contributed by atoms with Crippen molar-refractivity contribution in [2.24, 2.45) is 4.99 Å². The van der Waals surface area contributed by atoms with Crippen molar-refractivity contribution in [1.29, 1.82) is 0 Å². The summed E-state index contributed by atoms with van der Waals surface area (Å²) in [5.41, 5.74) is 4.71. The molecule has 0 N–H and O–H groups in total. The van der Waals surface area contributed by atoms with Crippen LogP contribution < -0.4 is 9.42 Å². The van der Waals surface area contributed by atoms with E-state index in [4.69, 9.17) is 10.1 Å². The van der Waals surface area contributed by atoms with E-state index in [1.165, 1.54) is 16.7 Å². The Labute approximate surface area is 205 Å². The van der Waals surface area contributed by atoms with Gasteiger partial charge in [-0.25, -0.2) is 0 Å². The second kappa shape index (κ2) is 10.3. The summed E-state index contributed by atoms with van der Waals surface area (Å²) >= 11 is 5.10. The van der Waals surface area contributed by atoms with E-state index in [0.717, 1.165) is 26.7 Å². The van der Waals surface area contributed by atoms with Gasteiger partial charge in [-0.3, -0.25) is 9.89 Å². The second-order valence-corrected chi connectivity index (χ2v) is 10.3. The van der Waals surface area contributed by atoms with Gasteiger partial charge in [0.15, 0.2) is 5.17 Å². The zero-order chi connectivity index (χ0) is 22.5.